The largest absolute Gasteiger partial charge is 0.481 e. The van der Waals surface area contributed by atoms with Gasteiger partial charge in [0.1, 0.15) is 0 Å². The van der Waals surface area contributed by atoms with E-state index in [1.54, 1.807) is 6.07 Å². The summed E-state index contributed by atoms with van der Waals surface area (Å²) in [6, 6.07) is 9.50. The fourth-order valence-corrected chi connectivity index (χ4v) is 2.24. The lowest BCUT2D eigenvalue weighted by molar-refractivity contribution is 0.281. The zero-order valence-corrected chi connectivity index (χ0v) is 13.6. The summed E-state index contributed by atoms with van der Waals surface area (Å²) in [6.45, 7) is 1.04. The number of nitrogens with zero attached hydrogens (tertiary/aromatic N) is 3. The fraction of sp³-hybridized carbons (Fsp3) is 0.294. The van der Waals surface area contributed by atoms with E-state index in [-0.39, 0.29) is 19.2 Å². The van der Waals surface area contributed by atoms with E-state index in [9.17, 15) is 0 Å². The number of nitrogens with two attached hydrogens (primary N) is 1. The summed E-state index contributed by atoms with van der Waals surface area (Å²) in [5.74, 6) is 0.578. The Hall–Kier alpha value is -2.64. The van der Waals surface area contributed by atoms with Crippen LogP contribution in [0.3, 0.4) is 0 Å². The van der Waals surface area contributed by atoms with Crippen LogP contribution in [0.5, 0.6) is 5.88 Å². The van der Waals surface area contributed by atoms with E-state index in [1.165, 1.54) is 7.11 Å². The van der Waals surface area contributed by atoms with Gasteiger partial charge in [-0.15, -0.1) is 0 Å². The van der Waals surface area contributed by atoms with Crippen LogP contribution in [-0.2, 0) is 0 Å². The van der Waals surface area contributed by atoms with E-state index < -0.39 is 0 Å². The normalized spacial score (nSPS) is 11.0. The highest BCUT2D eigenvalue weighted by atomic mass is 16.5. The van der Waals surface area contributed by atoms with Crippen molar-refractivity contribution in [1.82, 2.24) is 9.97 Å². The molecule has 1 aromatic carbocycles. The minimum Gasteiger partial charge on any atom is -0.481 e. The van der Waals surface area contributed by atoms with Gasteiger partial charge in [-0.05, 0) is 23.8 Å². The number of hydrogen-bond donors (Lipinski definition) is 3. The number of aromatic nitrogens is 2. The summed E-state index contributed by atoms with van der Waals surface area (Å²) in [6.07, 6.45) is 3.74. The number of aliphatic hydroxyl groups is 2. The summed E-state index contributed by atoms with van der Waals surface area (Å²) in [7, 11) is 1.53. The average Bonchev–Trinajstić information content (AvgIpc) is 2.60. The molecule has 24 heavy (non-hydrogen) atoms. The molecule has 0 aliphatic rings. The van der Waals surface area contributed by atoms with Crippen LogP contribution in [0.15, 0.2) is 30.3 Å². The molecule has 0 aliphatic carbocycles. The predicted octanol–water partition coefficient (Wildman–Crippen LogP) is 1.03. The molecule has 1 heterocycles. The first kappa shape index (κ1) is 17.7. The number of benzene rings is 1. The van der Waals surface area contributed by atoms with Gasteiger partial charge in [0.15, 0.2) is 0 Å². The summed E-state index contributed by atoms with van der Waals surface area (Å²) >= 11 is 0. The Kier molecular flexibility index (Phi) is 6.53. The van der Waals surface area contributed by atoms with E-state index in [0.717, 1.165) is 11.3 Å². The topological polar surface area (TPSA) is 105 Å². The Balaban J connectivity index is 2.12. The first-order valence-electron chi connectivity index (χ1n) is 7.59. The van der Waals surface area contributed by atoms with Crippen LogP contribution in [0, 0.1) is 0 Å². The Morgan fingerprint density at radius 3 is 2.33 bits per heavy atom. The molecular formula is C17H22N4O3. The fourth-order valence-electron chi connectivity index (χ4n) is 2.24. The molecule has 0 saturated heterocycles. The first-order chi connectivity index (χ1) is 11.7. The molecule has 0 spiro atoms. The van der Waals surface area contributed by atoms with Gasteiger partial charge in [0.25, 0.3) is 0 Å². The number of hydrogen-bond acceptors (Lipinski definition) is 7. The smallest absolute Gasteiger partial charge is 0.223 e. The summed E-state index contributed by atoms with van der Waals surface area (Å²) < 4.78 is 5.06. The van der Waals surface area contributed by atoms with Crippen LogP contribution in [0.25, 0.3) is 12.2 Å². The Bertz CT molecular complexity index is 668. The van der Waals surface area contributed by atoms with Crippen molar-refractivity contribution in [2.45, 2.75) is 0 Å². The third-order valence-electron chi connectivity index (χ3n) is 3.39. The summed E-state index contributed by atoms with van der Waals surface area (Å²) in [4.78, 5) is 9.98. The predicted molar refractivity (Wildman–Crippen MR) is 94.8 cm³/mol. The van der Waals surface area contributed by atoms with Crippen LogP contribution >= 0.6 is 0 Å². The molecule has 0 aliphatic heterocycles. The molecule has 0 saturated carbocycles. The van der Waals surface area contributed by atoms with Gasteiger partial charge in [-0.25, -0.2) is 4.98 Å². The standard InChI is InChI=1S/C17H22N4O3/c1-24-16-12-14(19-17(18)20-16)5-2-13-3-6-15(7-4-13)21(8-10-22)9-11-23/h2-7,12,22-23H,8-11H2,1H3,(H2,18,19,20)/b5-2+. The number of methoxy groups -OCH3 is 1. The number of nitrogen functional groups attached to an aromatic ring is 1. The molecule has 0 fully saturated rings. The highest BCUT2D eigenvalue weighted by Gasteiger charge is 2.04. The summed E-state index contributed by atoms with van der Waals surface area (Å²) in [5.41, 5.74) is 8.23. The van der Waals surface area contributed by atoms with Gasteiger partial charge in [0.05, 0.1) is 26.0 Å². The van der Waals surface area contributed by atoms with Crippen LogP contribution in [-0.4, -0.2) is 53.6 Å². The monoisotopic (exact) mass is 330 g/mol. The van der Waals surface area contributed by atoms with E-state index in [0.29, 0.717) is 24.7 Å². The van der Waals surface area contributed by atoms with Crippen molar-refractivity contribution in [1.29, 1.82) is 0 Å². The number of aliphatic hydroxyl groups excluding tert-OH is 2. The molecular weight excluding hydrogens is 308 g/mol. The van der Waals surface area contributed by atoms with Gasteiger partial charge in [0.2, 0.25) is 11.8 Å². The van der Waals surface area contributed by atoms with Gasteiger partial charge in [-0.2, -0.15) is 4.98 Å². The zero-order chi connectivity index (χ0) is 17.4. The second-order valence-electron chi connectivity index (χ2n) is 5.05. The van der Waals surface area contributed by atoms with E-state index in [1.807, 2.05) is 41.3 Å². The zero-order valence-electron chi connectivity index (χ0n) is 13.6. The summed E-state index contributed by atoms with van der Waals surface area (Å²) in [5, 5.41) is 18.2. The molecule has 2 rings (SSSR count). The van der Waals surface area contributed by atoms with Crippen LogP contribution in [0.4, 0.5) is 11.6 Å². The molecule has 4 N–H and O–H groups in total. The van der Waals surface area contributed by atoms with E-state index in [2.05, 4.69) is 9.97 Å². The second kappa shape index (κ2) is 8.85. The molecule has 2 aromatic rings. The maximum atomic E-state index is 9.09. The lowest BCUT2D eigenvalue weighted by atomic mass is 10.1. The molecule has 0 unspecified atom stereocenters. The van der Waals surface area contributed by atoms with Gasteiger partial charge in [-0.3, -0.25) is 0 Å². The van der Waals surface area contributed by atoms with Crippen molar-refractivity contribution in [2.75, 3.05) is 44.0 Å². The second-order valence-corrected chi connectivity index (χ2v) is 5.05. The molecule has 7 heteroatoms. The lowest BCUT2D eigenvalue weighted by Crippen LogP contribution is -2.29. The third kappa shape index (κ3) is 4.94. The van der Waals surface area contributed by atoms with Gasteiger partial charge in [0, 0.05) is 24.8 Å². The van der Waals surface area contributed by atoms with E-state index in [4.69, 9.17) is 20.7 Å². The number of ether oxygens (including phenoxy) is 1. The van der Waals surface area contributed by atoms with Crippen molar-refractivity contribution in [3.05, 3.63) is 41.6 Å². The SMILES string of the molecule is COc1cc(/C=C/c2ccc(N(CCO)CCO)cc2)nc(N)n1. The van der Waals surface area contributed by atoms with Crippen molar-refractivity contribution in [3.63, 3.8) is 0 Å². The van der Waals surface area contributed by atoms with Crippen molar-refractivity contribution >= 4 is 23.8 Å². The molecule has 128 valence electrons. The highest BCUT2D eigenvalue weighted by Crippen LogP contribution is 2.17. The van der Waals surface area contributed by atoms with Crippen molar-refractivity contribution in [3.8, 4) is 5.88 Å². The minimum atomic E-state index is 0.0403. The number of anilines is 2. The Labute approximate surface area is 141 Å². The van der Waals surface area contributed by atoms with Gasteiger partial charge in [-0.1, -0.05) is 18.2 Å². The maximum absolute atomic E-state index is 9.09. The highest BCUT2D eigenvalue weighted by molar-refractivity contribution is 5.69. The quantitative estimate of drug-likeness (QED) is 0.664. The molecule has 7 nitrogen and oxygen atoms in total. The van der Waals surface area contributed by atoms with Crippen LogP contribution < -0.4 is 15.4 Å². The van der Waals surface area contributed by atoms with Crippen LogP contribution in [0.1, 0.15) is 11.3 Å². The molecule has 1 aromatic heterocycles. The maximum Gasteiger partial charge on any atom is 0.223 e. The van der Waals surface area contributed by atoms with Crippen molar-refractivity contribution < 1.29 is 14.9 Å². The average molecular weight is 330 g/mol. The molecule has 0 radical (unpaired) electrons. The molecule has 0 bridgehead atoms. The van der Waals surface area contributed by atoms with Gasteiger partial charge >= 0.3 is 0 Å². The van der Waals surface area contributed by atoms with Crippen LogP contribution in [0.2, 0.25) is 0 Å². The molecule has 0 amide bonds. The lowest BCUT2D eigenvalue weighted by Gasteiger charge is -2.22. The van der Waals surface area contributed by atoms with E-state index >= 15 is 0 Å². The molecule has 0 atom stereocenters. The van der Waals surface area contributed by atoms with Crippen molar-refractivity contribution in [2.24, 2.45) is 0 Å². The van der Waals surface area contributed by atoms with Gasteiger partial charge < -0.3 is 25.6 Å². The Morgan fingerprint density at radius 2 is 1.75 bits per heavy atom. The Morgan fingerprint density at radius 1 is 1.08 bits per heavy atom. The first-order valence-corrected chi connectivity index (χ1v) is 7.59. The number of rotatable bonds is 8. The minimum absolute atomic E-state index is 0.0403. The third-order valence-corrected chi connectivity index (χ3v) is 3.39.